The van der Waals surface area contributed by atoms with Crippen LogP contribution in [0.3, 0.4) is 0 Å². The first kappa shape index (κ1) is 23.8. The Morgan fingerprint density at radius 1 is 1.06 bits per heavy atom. The lowest BCUT2D eigenvalue weighted by Gasteiger charge is -2.36. The summed E-state index contributed by atoms with van der Waals surface area (Å²) in [5.41, 5.74) is 2.58. The molecule has 170 valence electrons. The summed E-state index contributed by atoms with van der Waals surface area (Å²) in [6.07, 6.45) is 6.54. The Bertz CT molecular complexity index is 868. The zero-order valence-electron chi connectivity index (χ0n) is 18.5. The number of nitrogens with one attached hydrogen (secondary N) is 2. The Morgan fingerprint density at radius 3 is 2.55 bits per heavy atom. The van der Waals surface area contributed by atoms with E-state index in [1.54, 1.807) is 0 Å². The van der Waals surface area contributed by atoms with Gasteiger partial charge in [-0.05, 0) is 37.3 Å². The zero-order chi connectivity index (χ0) is 20.8. The number of aryl methyl sites for hydroxylation is 1. The fraction of sp³-hybridized carbons (Fsp3) is 0.565. The van der Waals surface area contributed by atoms with Crippen LogP contribution in [0.25, 0.3) is 10.9 Å². The van der Waals surface area contributed by atoms with Crippen molar-refractivity contribution in [3.63, 3.8) is 0 Å². The van der Waals surface area contributed by atoms with Gasteiger partial charge in [0.25, 0.3) is 0 Å². The summed E-state index contributed by atoms with van der Waals surface area (Å²) in [6.45, 7) is 6.99. The second kappa shape index (κ2) is 11.7. The molecule has 0 bridgehead atoms. The van der Waals surface area contributed by atoms with Crippen molar-refractivity contribution in [2.24, 2.45) is 4.99 Å². The van der Waals surface area contributed by atoms with E-state index in [1.807, 2.05) is 11.9 Å². The van der Waals surface area contributed by atoms with Crippen LogP contribution < -0.4 is 5.32 Å². The molecule has 0 aliphatic carbocycles. The normalized spacial score (nSPS) is 17.8. The van der Waals surface area contributed by atoms with Crippen molar-refractivity contribution in [3.8, 4) is 0 Å². The van der Waals surface area contributed by atoms with E-state index in [4.69, 9.17) is 0 Å². The summed E-state index contributed by atoms with van der Waals surface area (Å²) >= 11 is 0. The molecule has 2 saturated heterocycles. The predicted molar refractivity (Wildman–Crippen MR) is 137 cm³/mol. The highest BCUT2D eigenvalue weighted by Gasteiger charge is 2.24. The number of aromatic nitrogens is 1. The molecule has 0 atom stereocenters. The maximum Gasteiger partial charge on any atom is 0.236 e. The smallest absolute Gasteiger partial charge is 0.236 e. The molecule has 2 aliphatic heterocycles. The number of aromatic amines is 1. The van der Waals surface area contributed by atoms with Crippen LogP contribution in [0.2, 0.25) is 0 Å². The lowest BCUT2D eigenvalue weighted by Crippen LogP contribution is -2.54. The summed E-state index contributed by atoms with van der Waals surface area (Å²) in [5.74, 6) is 1.26. The number of fused-ring (bicyclic) bond motifs is 1. The van der Waals surface area contributed by atoms with Gasteiger partial charge in [-0.3, -0.25) is 14.7 Å². The Kier molecular flexibility index (Phi) is 9.01. The van der Waals surface area contributed by atoms with Crippen LogP contribution in [-0.2, 0) is 11.2 Å². The molecular weight excluding hydrogens is 503 g/mol. The number of H-pyrrole nitrogens is 1. The standard InChI is InChI=1S/C23H34N6O.HI/c1-24-23(25-10-6-7-19-17-26-21-9-3-2-8-20(19)21)29-15-13-27(14-16-29)18-22(30)28-11-4-5-12-28;/h2-3,8-9,17,26H,4-7,10-16,18H2,1H3,(H,24,25);1H. The van der Waals surface area contributed by atoms with E-state index in [1.165, 1.54) is 16.5 Å². The summed E-state index contributed by atoms with van der Waals surface area (Å²) in [5, 5.41) is 4.84. The number of guanidine groups is 1. The third-order valence-corrected chi connectivity index (χ3v) is 6.28. The van der Waals surface area contributed by atoms with Crippen LogP contribution in [0.5, 0.6) is 0 Å². The second-order valence-electron chi connectivity index (χ2n) is 8.29. The van der Waals surface area contributed by atoms with E-state index in [0.717, 1.165) is 77.5 Å². The number of piperazine rings is 1. The van der Waals surface area contributed by atoms with Gasteiger partial charge in [-0.1, -0.05) is 18.2 Å². The number of halogens is 1. The van der Waals surface area contributed by atoms with Crippen LogP contribution in [0, 0.1) is 0 Å². The van der Waals surface area contributed by atoms with Gasteiger partial charge in [-0.15, -0.1) is 24.0 Å². The lowest BCUT2D eigenvalue weighted by atomic mass is 10.1. The molecule has 3 heterocycles. The van der Waals surface area contributed by atoms with Gasteiger partial charge in [0.15, 0.2) is 5.96 Å². The van der Waals surface area contributed by atoms with Crippen molar-refractivity contribution >= 4 is 46.7 Å². The number of hydrogen-bond acceptors (Lipinski definition) is 3. The van der Waals surface area contributed by atoms with Gasteiger partial charge >= 0.3 is 0 Å². The fourth-order valence-electron chi connectivity index (χ4n) is 4.53. The minimum Gasteiger partial charge on any atom is -0.361 e. The molecule has 2 aromatic rings. The number of likely N-dealkylation sites (tertiary alicyclic amines) is 1. The summed E-state index contributed by atoms with van der Waals surface area (Å²) < 4.78 is 0. The second-order valence-corrected chi connectivity index (χ2v) is 8.29. The Balaban J connectivity index is 0.00000272. The molecule has 8 heteroatoms. The number of hydrogen-bond donors (Lipinski definition) is 2. The SMILES string of the molecule is CN=C(NCCCc1c[nH]c2ccccc12)N1CCN(CC(=O)N2CCCC2)CC1.I. The van der Waals surface area contributed by atoms with Gasteiger partial charge in [0.2, 0.25) is 5.91 Å². The van der Waals surface area contributed by atoms with Crippen molar-refractivity contribution < 1.29 is 4.79 Å². The largest absolute Gasteiger partial charge is 0.361 e. The van der Waals surface area contributed by atoms with E-state index in [9.17, 15) is 4.79 Å². The summed E-state index contributed by atoms with van der Waals surface area (Å²) in [6, 6.07) is 8.47. The number of aliphatic imine (C=N–C) groups is 1. The van der Waals surface area contributed by atoms with Crippen molar-refractivity contribution in [1.29, 1.82) is 0 Å². The van der Waals surface area contributed by atoms with E-state index >= 15 is 0 Å². The van der Waals surface area contributed by atoms with Crippen molar-refractivity contribution in [1.82, 2.24) is 25.0 Å². The van der Waals surface area contributed by atoms with E-state index in [-0.39, 0.29) is 24.0 Å². The van der Waals surface area contributed by atoms with Crippen LogP contribution in [0.15, 0.2) is 35.5 Å². The first-order chi connectivity index (χ1) is 14.7. The minimum atomic E-state index is 0. The molecule has 0 saturated carbocycles. The van der Waals surface area contributed by atoms with Crippen LogP contribution in [-0.4, -0.2) is 91.0 Å². The average Bonchev–Trinajstić information content (AvgIpc) is 3.45. The first-order valence-electron chi connectivity index (χ1n) is 11.3. The number of carbonyl (C=O) groups excluding carboxylic acids is 1. The van der Waals surface area contributed by atoms with E-state index in [2.05, 4.69) is 55.6 Å². The zero-order valence-corrected chi connectivity index (χ0v) is 20.8. The number of para-hydroxylation sites is 1. The lowest BCUT2D eigenvalue weighted by molar-refractivity contribution is -0.131. The summed E-state index contributed by atoms with van der Waals surface area (Å²) in [7, 11) is 1.85. The molecule has 0 unspecified atom stereocenters. The molecular formula is C23H35IN6O. The minimum absolute atomic E-state index is 0. The van der Waals surface area contributed by atoms with Crippen LogP contribution >= 0.6 is 24.0 Å². The quantitative estimate of drug-likeness (QED) is 0.257. The van der Waals surface area contributed by atoms with Gasteiger partial charge in [-0.2, -0.15) is 0 Å². The molecule has 2 aliphatic rings. The molecule has 4 rings (SSSR count). The van der Waals surface area contributed by atoms with Crippen molar-refractivity contribution in [3.05, 3.63) is 36.0 Å². The number of carbonyl (C=O) groups is 1. The molecule has 7 nitrogen and oxygen atoms in total. The van der Waals surface area contributed by atoms with Crippen molar-refractivity contribution in [2.45, 2.75) is 25.7 Å². The molecule has 1 aromatic carbocycles. The van der Waals surface area contributed by atoms with Crippen LogP contribution in [0.4, 0.5) is 0 Å². The molecule has 0 spiro atoms. The number of amides is 1. The maximum absolute atomic E-state index is 12.4. The Morgan fingerprint density at radius 2 is 1.81 bits per heavy atom. The van der Waals surface area contributed by atoms with E-state index < -0.39 is 0 Å². The number of nitrogens with zero attached hydrogens (tertiary/aromatic N) is 4. The number of rotatable bonds is 6. The monoisotopic (exact) mass is 538 g/mol. The van der Waals surface area contributed by atoms with Crippen molar-refractivity contribution in [2.75, 3.05) is 59.4 Å². The molecule has 0 radical (unpaired) electrons. The molecule has 1 aromatic heterocycles. The van der Waals surface area contributed by atoms with Gasteiger partial charge in [-0.25, -0.2) is 0 Å². The fourth-order valence-corrected chi connectivity index (χ4v) is 4.53. The Hall–Kier alpha value is -1.81. The summed E-state index contributed by atoms with van der Waals surface area (Å²) in [4.78, 5) is 26.8. The molecule has 1 amide bonds. The third-order valence-electron chi connectivity index (χ3n) is 6.28. The average molecular weight is 538 g/mol. The molecule has 31 heavy (non-hydrogen) atoms. The van der Waals surface area contributed by atoms with E-state index in [0.29, 0.717) is 12.5 Å². The van der Waals surface area contributed by atoms with Gasteiger partial charge in [0, 0.05) is 70.0 Å². The van der Waals surface area contributed by atoms with Gasteiger partial charge in [0.05, 0.1) is 6.54 Å². The molecule has 2 N–H and O–H groups in total. The third kappa shape index (κ3) is 6.12. The predicted octanol–water partition coefficient (Wildman–Crippen LogP) is 2.53. The highest BCUT2D eigenvalue weighted by atomic mass is 127. The van der Waals surface area contributed by atoms with Gasteiger partial charge < -0.3 is 20.1 Å². The molecule has 2 fully saturated rings. The number of benzene rings is 1. The van der Waals surface area contributed by atoms with Crippen LogP contribution in [0.1, 0.15) is 24.8 Å². The Labute approximate surface area is 202 Å². The van der Waals surface area contributed by atoms with Gasteiger partial charge in [0.1, 0.15) is 0 Å². The highest BCUT2D eigenvalue weighted by molar-refractivity contribution is 14.0. The maximum atomic E-state index is 12.4. The topological polar surface area (TPSA) is 67.0 Å². The first-order valence-corrected chi connectivity index (χ1v) is 11.3. The highest BCUT2D eigenvalue weighted by Crippen LogP contribution is 2.18.